The minimum absolute atomic E-state index is 0. The smallest absolute Gasteiger partial charge is 0.198 e. The van der Waals surface area contributed by atoms with E-state index in [0.29, 0.717) is 0 Å². The fraction of sp³-hybridized carbons (Fsp3) is 0. The van der Waals surface area contributed by atoms with Crippen LogP contribution < -0.4 is 0 Å². The molecule has 5 heterocycles. The van der Waals surface area contributed by atoms with Crippen LogP contribution in [0.15, 0.2) is 0 Å². The van der Waals surface area contributed by atoms with Crippen LogP contribution >= 0.6 is 0 Å². The Hall–Kier alpha value is -6.37. The van der Waals surface area contributed by atoms with Gasteiger partial charge in [0.25, 0.3) is 0 Å². The second kappa shape index (κ2) is 12.3. The summed E-state index contributed by atoms with van der Waals surface area (Å²) >= 11 is 0. The van der Waals surface area contributed by atoms with E-state index in [1.54, 1.807) is 0 Å². The number of aromatic amines is 2. The molecule has 0 fully saturated rings. The van der Waals surface area contributed by atoms with Gasteiger partial charge in [0.2, 0.25) is 0 Å². The van der Waals surface area contributed by atoms with Gasteiger partial charge in [-0.3, -0.25) is 0 Å². The number of nitrogens with zero attached hydrogens (tertiary/aromatic N) is 6. The first kappa shape index (κ1) is 37.5. The summed E-state index contributed by atoms with van der Waals surface area (Å²) in [5, 5.41) is -5.83. The third kappa shape index (κ3) is 4.77. The Morgan fingerprint density at radius 2 is 0.404 bits per heavy atom. The van der Waals surface area contributed by atoms with Crippen molar-refractivity contribution in [2.24, 2.45) is 0 Å². The van der Waals surface area contributed by atoms with Crippen LogP contribution in [-0.2, 0) is 16.8 Å². The van der Waals surface area contributed by atoms with Crippen molar-refractivity contribution in [1.82, 2.24) is 39.9 Å². The van der Waals surface area contributed by atoms with Gasteiger partial charge in [0.15, 0.2) is 116 Å². The van der Waals surface area contributed by atoms with Crippen molar-refractivity contribution in [3.63, 3.8) is 0 Å². The van der Waals surface area contributed by atoms with Gasteiger partial charge in [-0.15, -0.1) is 0 Å². The van der Waals surface area contributed by atoms with E-state index < -0.39 is 183 Å². The maximum absolute atomic E-state index is 15.4. The summed E-state index contributed by atoms with van der Waals surface area (Å²) in [6.07, 6.45) is 0. The van der Waals surface area contributed by atoms with Crippen LogP contribution in [0.3, 0.4) is 0 Å². The minimum atomic E-state index is -2.53. The number of hydrogen-bond acceptors (Lipinski definition) is 6. The molecule has 2 N–H and O–H groups in total. The summed E-state index contributed by atoms with van der Waals surface area (Å²) in [7, 11) is 0. The third-order valence-electron chi connectivity index (χ3n) is 8.68. The van der Waals surface area contributed by atoms with Crippen molar-refractivity contribution in [3.8, 4) is 45.6 Å². The molecule has 3 aromatic heterocycles. The average molecular weight is 861 g/mol. The largest absolute Gasteiger partial charge is 0.324 e. The molecule has 0 atom stereocenters. The van der Waals surface area contributed by atoms with Crippen molar-refractivity contribution in [1.29, 1.82) is 0 Å². The molecule has 8 bridgehead atoms. The van der Waals surface area contributed by atoms with Gasteiger partial charge in [0, 0.05) is 16.8 Å². The molecule has 2 aliphatic rings. The molecule has 1 radical (unpaired) electrons. The molecule has 4 aromatic carbocycles. The molecular weight excluding hydrogens is 859 g/mol. The molecule has 291 valence electrons. The number of rotatable bonds is 0. The number of fused-ring (bicyclic) bond motifs is 20. The van der Waals surface area contributed by atoms with Crippen molar-refractivity contribution < 1.29 is 87.0 Å². The Kier molecular flexibility index (Phi) is 8.11. The summed E-state index contributed by atoms with van der Waals surface area (Å²) in [6.45, 7) is 0. The molecule has 9 rings (SSSR count). The van der Waals surface area contributed by atoms with Gasteiger partial charge < -0.3 is 9.97 Å². The van der Waals surface area contributed by atoms with Crippen LogP contribution in [0, 0.1) is 93.1 Å². The maximum Gasteiger partial charge on any atom is 0.198 e. The fourth-order valence-electron chi connectivity index (χ4n) is 6.24. The Balaban J connectivity index is 0.00000455. The normalized spacial score (nSPS) is 12.1. The van der Waals surface area contributed by atoms with Gasteiger partial charge in [0.05, 0.1) is 43.8 Å². The van der Waals surface area contributed by atoms with Crippen LogP contribution in [0.25, 0.3) is 89.7 Å². The summed E-state index contributed by atoms with van der Waals surface area (Å²) < 4.78 is 240. The number of hydrogen-bond donors (Lipinski definition) is 2. The average Bonchev–Trinajstić information content (AvgIpc) is 3.92. The van der Waals surface area contributed by atoms with Crippen molar-refractivity contribution in [2.45, 2.75) is 0 Å². The van der Waals surface area contributed by atoms with Crippen molar-refractivity contribution >= 4 is 44.1 Å². The van der Waals surface area contributed by atoms with E-state index in [4.69, 9.17) is 0 Å². The zero-order chi connectivity index (χ0) is 40.1. The van der Waals surface area contributed by atoms with Crippen molar-refractivity contribution in [3.05, 3.63) is 93.1 Å². The second-order valence-electron chi connectivity index (χ2n) is 11.6. The predicted octanol–water partition coefficient (Wildman–Crippen LogP) is 9.09. The van der Waals surface area contributed by atoms with Crippen LogP contribution in [0.4, 0.5) is 70.2 Å². The fourth-order valence-corrected chi connectivity index (χ4v) is 6.24. The van der Waals surface area contributed by atoms with E-state index in [1.165, 1.54) is 0 Å². The Morgan fingerprint density at radius 1 is 0.228 bits per heavy atom. The minimum Gasteiger partial charge on any atom is -0.324 e. The first-order chi connectivity index (χ1) is 26.4. The molecule has 0 spiro atoms. The molecule has 0 unspecified atom stereocenters. The zero-order valence-electron chi connectivity index (χ0n) is 26.1. The number of H-pyrrole nitrogens is 2. The van der Waals surface area contributed by atoms with Gasteiger partial charge in [-0.25, -0.2) is 100 Å². The standard InChI is InChI=1S/C32H2F16N8.Co/c33-9-1-2(10(34)18(42)17(9)41)26-49-25(1)53-27-3-4(12(36)20(44)19(43)11(3)35)29(50-27)55-31-7-8(16(40)24(48)23(47)15(7)39)32(52-31)56-30-6-5(28(51-30)54-26)13(37)21(45)22(46)14(6)38;/h(H2,49,50,51,52,53,54,55,56);. The summed E-state index contributed by atoms with van der Waals surface area (Å²) in [6, 6.07) is 0. The van der Waals surface area contributed by atoms with Crippen LogP contribution in [-0.4, -0.2) is 39.9 Å². The van der Waals surface area contributed by atoms with Gasteiger partial charge >= 0.3 is 0 Å². The van der Waals surface area contributed by atoms with Crippen LogP contribution in [0.1, 0.15) is 0 Å². The molecule has 8 nitrogen and oxygen atoms in total. The van der Waals surface area contributed by atoms with Gasteiger partial charge in [-0.05, 0) is 0 Å². The Bertz CT molecular complexity index is 2820. The first-order valence-corrected chi connectivity index (χ1v) is 14.7. The van der Waals surface area contributed by atoms with Gasteiger partial charge in [-0.1, -0.05) is 0 Å². The molecule has 0 amide bonds. The number of benzene rings is 4. The van der Waals surface area contributed by atoms with E-state index in [0.717, 1.165) is 0 Å². The first-order valence-electron chi connectivity index (χ1n) is 14.7. The van der Waals surface area contributed by atoms with Gasteiger partial charge in [-0.2, -0.15) is 0 Å². The second-order valence-corrected chi connectivity index (χ2v) is 11.6. The van der Waals surface area contributed by atoms with Crippen molar-refractivity contribution in [2.75, 3.05) is 0 Å². The Labute approximate surface area is 309 Å². The Morgan fingerprint density at radius 3 is 0.596 bits per heavy atom. The number of aromatic nitrogens is 8. The molecule has 0 saturated carbocycles. The topological polar surface area (TPSA) is 109 Å². The molecule has 0 aliphatic carbocycles. The molecular formula is C32H2CoF16N8. The quantitative estimate of drug-likeness (QED) is 0.0896. The maximum atomic E-state index is 15.4. The zero-order valence-corrected chi connectivity index (χ0v) is 27.1. The van der Waals surface area contributed by atoms with E-state index in [9.17, 15) is 35.1 Å². The van der Waals surface area contributed by atoms with Crippen LogP contribution in [0.2, 0.25) is 0 Å². The number of nitrogens with one attached hydrogen (secondary N) is 2. The van der Waals surface area contributed by atoms with E-state index >= 15 is 35.1 Å². The third-order valence-corrected chi connectivity index (χ3v) is 8.68. The molecule has 57 heavy (non-hydrogen) atoms. The SMILES string of the molecule is Fc1c(F)c(F)c2c(c1F)-c1nc-2nc2[nH]c(nc3nc(nc4[nH]c(n1)c1c(F)c(F)c(F)c(F)c41)-c1c(F)c(F)c(F)c(F)c1-3)c1c(F)c(F)c(F)c(F)c21.[Co]. The summed E-state index contributed by atoms with van der Waals surface area (Å²) in [5.74, 6) is -44.2. The monoisotopic (exact) mass is 861 g/mol. The molecule has 0 saturated heterocycles. The number of halogens is 16. The van der Waals surface area contributed by atoms with Gasteiger partial charge in [0.1, 0.15) is 22.6 Å². The molecule has 7 aromatic rings. The summed E-state index contributed by atoms with van der Waals surface area (Å²) in [4.78, 5) is 25.5. The predicted molar refractivity (Wildman–Crippen MR) is 155 cm³/mol. The van der Waals surface area contributed by atoms with E-state index in [1.807, 2.05) is 9.97 Å². The van der Waals surface area contributed by atoms with Crippen LogP contribution in [0.5, 0.6) is 0 Å². The van der Waals surface area contributed by atoms with E-state index in [2.05, 4.69) is 29.9 Å². The summed E-state index contributed by atoms with van der Waals surface area (Å²) in [5.41, 5.74) is -11.1. The molecule has 25 heteroatoms. The molecule has 2 aliphatic heterocycles. The van der Waals surface area contributed by atoms with E-state index in [-0.39, 0.29) is 16.8 Å².